The number of fused-ring (bicyclic) bond motifs is 12. The van der Waals surface area contributed by atoms with Crippen LogP contribution in [0.15, 0.2) is 388 Å². The summed E-state index contributed by atoms with van der Waals surface area (Å²) in [6.07, 6.45) is 0. The van der Waals surface area contributed by atoms with Crippen molar-refractivity contribution >= 4 is 107 Å². The summed E-state index contributed by atoms with van der Waals surface area (Å²) in [6, 6.07) is 133. The first kappa shape index (κ1) is 67.8. The van der Waals surface area contributed by atoms with E-state index in [4.69, 9.17) is 29.9 Å². The van der Waals surface area contributed by atoms with Crippen LogP contribution in [0.25, 0.3) is 202 Å². The maximum atomic E-state index is 14.6. The lowest BCUT2D eigenvalue weighted by atomic mass is 9.99. The quantitative estimate of drug-likeness (QED) is 0.139. The molecule has 0 radical (unpaired) electrons. The largest absolute Gasteiger partial charge is 0.354 e. The normalized spacial score (nSPS) is 11.4. The van der Waals surface area contributed by atoms with E-state index >= 15 is 0 Å². The van der Waals surface area contributed by atoms with Gasteiger partial charge in [0.2, 0.25) is 0 Å². The maximum absolute atomic E-state index is 14.6. The molecule has 0 bridgehead atoms. The number of nitrogens with zero attached hydrogens (tertiary/aromatic N) is 7. The predicted octanol–water partition coefficient (Wildman–Crippen LogP) is 27.7. The Morgan fingerprint density at radius 1 is 0.221 bits per heavy atom. The number of aromatic nitrogens is 8. The average molecular weight is 1490 g/mol. The molecular weight excluding hydrogens is 1420 g/mol. The Kier molecular flexibility index (Phi) is 17.7. The lowest BCUT2D eigenvalue weighted by Crippen LogP contribution is -2.02. The molecule has 11 heteroatoms. The van der Waals surface area contributed by atoms with Crippen LogP contribution in [0, 0.1) is 5.82 Å². The van der Waals surface area contributed by atoms with Crippen molar-refractivity contribution in [3.63, 3.8) is 0 Å². The highest BCUT2D eigenvalue weighted by Crippen LogP contribution is 2.45. The molecule has 22 rings (SSSR count). The minimum Gasteiger partial charge on any atom is -0.354 e. The number of aromatic amines is 1. The Balaban J connectivity index is 0.000000122. The number of rotatable bonds is 11. The molecule has 6 heterocycles. The molecule has 16 aromatic carbocycles. The van der Waals surface area contributed by atoms with Crippen molar-refractivity contribution in [3.8, 4) is 119 Å². The van der Waals surface area contributed by atoms with Crippen LogP contribution in [-0.2, 0) is 0 Å². The van der Waals surface area contributed by atoms with Gasteiger partial charge in [0.15, 0.2) is 34.9 Å². The van der Waals surface area contributed by atoms with E-state index in [9.17, 15) is 4.39 Å². The summed E-state index contributed by atoms with van der Waals surface area (Å²) >= 11 is 3.75. The minimum atomic E-state index is -0.282. The summed E-state index contributed by atoms with van der Waals surface area (Å²) in [6.45, 7) is 0. The van der Waals surface area contributed by atoms with Gasteiger partial charge in [-0.2, -0.15) is 0 Å². The molecule has 8 nitrogen and oxygen atoms in total. The number of benzene rings is 16. The summed E-state index contributed by atoms with van der Waals surface area (Å²) in [5.74, 6) is 3.29. The van der Waals surface area contributed by atoms with Gasteiger partial charge in [0.1, 0.15) is 5.82 Å². The zero-order chi connectivity index (χ0) is 75.1. The Bertz CT molecular complexity index is 7190. The number of thiophene rings is 2. The topological polar surface area (TPSA) is 98.1 Å². The van der Waals surface area contributed by atoms with Gasteiger partial charge in [0.25, 0.3) is 0 Å². The third-order valence-corrected chi connectivity index (χ3v) is 23.3. The number of hydrogen-bond donors (Lipinski definition) is 1. The number of para-hydroxylation sites is 2. The zero-order valence-corrected chi connectivity index (χ0v) is 62.4. The molecule has 0 aliphatic rings. The van der Waals surface area contributed by atoms with Crippen molar-refractivity contribution in [2.75, 3.05) is 0 Å². The standard InChI is InChI=1S/C51H32N4S.C27H18FN3.C24H15NS/c1-4-15-33(16-5-1)43-31-37(51-53-49(34-17-6-2-7-18-34)52-50(54-51)35-19-8-3-9-20-35)28-30-45(43)55-44-25-12-10-21-39(44)40-29-27-36(32-46(40)55)38-23-14-24-42-41-22-11-13-26-47(41)56-48(38)42;28-24-17-16-22(18-23(24)19-10-4-1-5-11-19)27-30-25(20-12-6-2-7-13-20)29-26(31-27)21-14-8-3-9-15-21;1-3-10-21-17(6-1)18-13-12-15(14-22(18)25-21)16-8-5-9-20-19-7-2-4-11-23(19)26-24(16)20/h1-32H;1-18H;1-14,25H. The van der Waals surface area contributed by atoms with E-state index < -0.39 is 0 Å². The van der Waals surface area contributed by atoms with Gasteiger partial charge in [0, 0.05) is 117 Å². The van der Waals surface area contributed by atoms with Crippen molar-refractivity contribution in [1.82, 2.24) is 39.5 Å². The van der Waals surface area contributed by atoms with E-state index in [0.29, 0.717) is 40.5 Å². The SMILES string of the molecule is Fc1ccc(-c2nc(-c3ccccc3)nc(-c3ccccc3)n2)cc1-c1ccccc1.c1ccc(-c2nc(-c3ccccc3)nc(-c3ccc(-n4c5ccccc5c5ccc(-c6cccc7c6sc6ccccc67)cc54)c(-c4ccccc4)c3)n2)cc1.c1ccc2c(c1)[nH]c1cc(-c3cccc4c3sc3ccccc34)ccc12. The van der Waals surface area contributed by atoms with Crippen LogP contribution in [-0.4, -0.2) is 39.5 Å². The number of halogens is 1. The summed E-state index contributed by atoms with van der Waals surface area (Å²) in [7, 11) is 0. The molecule has 0 aliphatic carbocycles. The van der Waals surface area contributed by atoms with Crippen molar-refractivity contribution < 1.29 is 4.39 Å². The van der Waals surface area contributed by atoms with E-state index in [-0.39, 0.29) is 5.82 Å². The van der Waals surface area contributed by atoms with Crippen LogP contribution in [0.1, 0.15) is 0 Å². The highest BCUT2D eigenvalue weighted by atomic mass is 32.1. The Hall–Kier alpha value is -14.5. The highest BCUT2D eigenvalue weighted by Gasteiger charge is 2.22. The van der Waals surface area contributed by atoms with Gasteiger partial charge < -0.3 is 9.55 Å². The van der Waals surface area contributed by atoms with Gasteiger partial charge in [-0.15, -0.1) is 22.7 Å². The summed E-state index contributed by atoms with van der Waals surface area (Å²) in [5.41, 5.74) is 19.7. The van der Waals surface area contributed by atoms with Crippen LogP contribution >= 0.6 is 22.7 Å². The number of nitrogens with one attached hydrogen (secondary N) is 1. The first-order valence-corrected chi connectivity index (χ1v) is 39.2. The van der Waals surface area contributed by atoms with Crippen LogP contribution in [0.2, 0.25) is 0 Å². The molecular formula is C102H65FN8S2. The van der Waals surface area contributed by atoms with Gasteiger partial charge in [-0.25, -0.2) is 34.3 Å². The third-order valence-electron chi connectivity index (χ3n) is 20.9. The van der Waals surface area contributed by atoms with Gasteiger partial charge in [-0.3, -0.25) is 0 Å². The second-order valence-electron chi connectivity index (χ2n) is 27.8. The molecule has 0 amide bonds. The molecule has 0 spiro atoms. The molecule has 0 aliphatic heterocycles. The molecule has 0 saturated carbocycles. The van der Waals surface area contributed by atoms with E-state index in [1.165, 1.54) is 101 Å². The molecule has 532 valence electrons. The first-order valence-electron chi connectivity index (χ1n) is 37.6. The Labute approximate surface area is 658 Å². The van der Waals surface area contributed by atoms with Crippen LogP contribution in [0.4, 0.5) is 4.39 Å². The monoisotopic (exact) mass is 1480 g/mol. The molecule has 0 fully saturated rings. The molecule has 113 heavy (non-hydrogen) atoms. The molecule has 0 saturated heterocycles. The van der Waals surface area contributed by atoms with Crippen molar-refractivity contribution in [2.24, 2.45) is 0 Å². The summed E-state index contributed by atoms with van der Waals surface area (Å²) in [5, 5.41) is 10.3. The Morgan fingerprint density at radius 3 is 1.08 bits per heavy atom. The lowest BCUT2D eigenvalue weighted by molar-refractivity contribution is 0.631. The average Bonchev–Trinajstić information content (AvgIpc) is 1.58. The predicted molar refractivity (Wildman–Crippen MR) is 470 cm³/mol. The molecule has 0 unspecified atom stereocenters. The molecule has 6 aromatic heterocycles. The second kappa shape index (κ2) is 29.5. The lowest BCUT2D eigenvalue weighted by Gasteiger charge is -2.16. The fourth-order valence-electron chi connectivity index (χ4n) is 15.5. The molecule has 1 N–H and O–H groups in total. The second-order valence-corrected chi connectivity index (χ2v) is 29.9. The van der Waals surface area contributed by atoms with Crippen LogP contribution in [0.5, 0.6) is 0 Å². The van der Waals surface area contributed by atoms with Gasteiger partial charge >= 0.3 is 0 Å². The third kappa shape index (κ3) is 13.0. The van der Waals surface area contributed by atoms with E-state index in [1.54, 1.807) is 12.1 Å². The van der Waals surface area contributed by atoms with Gasteiger partial charge in [-0.05, 0) is 106 Å². The van der Waals surface area contributed by atoms with Crippen molar-refractivity contribution in [3.05, 3.63) is 394 Å². The molecule has 0 atom stereocenters. The molecule has 22 aromatic rings. The van der Waals surface area contributed by atoms with Gasteiger partial charge in [0.05, 0.1) is 16.7 Å². The smallest absolute Gasteiger partial charge is 0.164 e. The van der Waals surface area contributed by atoms with Crippen LogP contribution < -0.4 is 0 Å². The first-order chi connectivity index (χ1) is 55.9. The van der Waals surface area contributed by atoms with Gasteiger partial charge in [-0.1, -0.05) is 315 Å². The minimum absolute atomic E-state index is 0.282. The summed E-state index contributed by atoms with van der Waals surface area (Å²) < 4.78 is 22.4. The van der Waals surface area contributed by atoms with E-state index in [1.807, 2.05) is 174 Å². The zero-order valence-electron chi connectivity index (χ0n) is 60.8. The van der Waals surface area contributed by atoms with Crippen molar-refractivity contribution in [2.45, 2.75) is 0 Å². The fraction of sp³-hybridized carbons (Fsp3) is 0. The highest BCUT2D eigenvalue weighted by molar-refractivity contribution is 7.26. The fourth-order valence-corrected chi connectivity index (χ4v) is 17.9. The summed E-state index contributed by atoms with van der Waals surface area (Å²) in [4.78, 5) is 32.8. The Morgan fingerprint density at radius 2 is 0.575 bits per heavy atom. The van der Waals surface area contributed by atoms with Crippen molar-refractivity contribution in [1.29, 1.82) is 0 Å². The number of H-pyrrole nitrogens is 1. The van der Waals surface area contributed by atoms with E-state index in [2.05, 4.69) is 228 Å². The number of hydrogen-bond acceptors (Lipinski definition) is 8. The van der Waals surface area contributed by atoms with E-state index in [0.717, 1.165) is 66.8 Å². The maximum Gasteiger partial charge on any atom is 0.164 e. The van der Waals surface area contributed by atoms with Crippen LogP contribution in [0.3, 0.4) is 0 Å².